The Hall–Kier alpha value is -2.18. The molecule has 0 saturated carbocycles. The highest BCUT2D eigenvalue weighted by atomic mass is 32.1. The molecule has 0 radical (unpaired) electrons. The first-order valence-electron chi connectivity index (χ1n) is 8.06. The number of amides is 2. The summed E-state index contributed by atoms with van der Waals surface area (Å²) in [6, 6.07) is 13.0. The third-order valence-electron chi connectivity index (χ3n) is 4.23. The van der Waals surface area contributed by atoms with Crippen molar-refractivity contribution in [2.75, 3.05) is 26.2 Å². The van der Waals surface area contributed by atoms with Crippen LogP contribution in [0.25, 0.3) is 0 Å². The second-order valence-electron chi connectivity index (χ2n) is 5.89. The Bertz CT molecular complexity index is 680. The van der Waals surface area contributed by atoms with Crippen molar-refractivity contribution in [3.8, 4) is 0 Å². The summed E-state index contributed by atoms with van der Waals surface area (Å²) in [4.78, 5) is 29.1. The van der Waals surface area contributed by atoms with E-state index < -0.39 is 6.04 Å². The molecule has 1 aliphatic rings. The van der Waals surface area contributed by atoms with Gasteiger partial charge in [-0.2, -0.15) is 0 Å². The molecular formula is C18H21N3O2S. The molecule has 0 aliphatic carbocycles. The minimum atomic E-state index is -0.535. The Morgan fingerprint density at radius 2 is 1.67 bits per heavy atom. The van der Waals surface area contributed by atoms with Crippen molar-refractivity contribution in [2.24, 2.45) is 5.73 Å². The van der Waals surface area contributed by atoms with Gasteiger partial charge in [-0.15, -0.1) is 11.3 Å². The molecule has 6 heteroatoms. The van der Waals surface area contributed by atoms with E-state index in [1.807, 2.05) is 47.8 Å². The Morgan fingerprint density at radius 3 is 2.29 bits per heavy atom. The summed E-state index contributed by atoms with van der Waals surface area (Å²) < 4.78 is 0. The fourth-order valence-electron chi connectivity index (χ4n) is 2.88. The van der Waals surface area contributed by atoms with Crippen molar-refractivity contribution in [1.29, 1.82) is 0 Å². The van der Waals surface area contributed by atoms with Gasteiger partial charge in [0.2, 0.25) is 5.91 Å². The standard InChI is InChI=1S/C18H21N3O2S/c19-15(13-14-5-2-1-3-6-14)17(22)20-8-10-21(11-9-20)18(23)16-7-4-12-24-16/h1-7,12,15H,8-11,13,19H2. The van der Waals surface area contributed by atoms with Gasteiger partial charge in [-0.25, -0.2) is 0 Å². The van der Waals surface area contributed by atoms with Crippen LogP contribution in [0.15, 0.2) is 47.8 Å². The number of carbonyl (C=O) groups excluding carboxylic acids is 2. The van der Waals surface area contributed by atoms with Crippen molar-refractivity contribution in [1.82, 2.24) is 9.80 Å². The Kier molecular flexibility index (Phi) is 5.27. The van der Waals surface area contributed by atoms with Gasteiger partial charge in [-0.1, -0.05) is 36.4 Å². The van der Waals surface area contributed by atoms with E-state index in [4.69, 9.17) is 5.73 Å². The number of piperazine rings is 1. The van der Waals surface area contributed by atoms with E-state index >= 15 is 0 Å². The number of rotatable bonds is 4. The van der Waals surface area contributed by atoms with Gasteiger partial charge < -0.3 is 15.5 Å². The van der Waals surface area contributed by atoms with E-state index in [1.54, 1.807) is 9.80 Å². The minimum absolute atomic E-state index is 0.0397. The van der Waals surface area contributed by atoms with E-state index in [0.717, 1.165) is 10.4 Å². The summed E-state index contributed by atoms with van der Waals surface area (Å²) in [6.45, 7) is 2.19. The molecule has 1 unspecified atom stereocenters. The van der Waals surface area contributed by atoms with Crippen LogP contribution in [-0.4, -0.2) is 53.8 Å². The highest BCUT2D eigenvalue weighted by Gasteiger charge is 2.27. The van der Waals surface area contributed by atoms with Gasteiger partial charge in [0.15, 0.2) is 0 Å². The number of benzene rings is 1. The molecule has 1 aromatic carbocycles. The van der Waals surface area contributed by atoms with Crippen molar-refractivity contribution in [2.45, 2.75) is 12.5 Å². The van der Waals surface area contributed by atoms with E-state index in [1.165, 1.54) is 11.3 Å². The lowest BCUT2D eigenvalue weighted by Crippen LogP contribution is -2.54. The monoisotopic (exact) mass is 343 g/mol. The zero-order chi connectivity index (χ0) is 16.9. The minimum Gasteiger partial charge on any atom is -0.338 e. The van der Waals surface area contributed by atoms with E-state index in [0.29, 0.717) is 32.6 Å². The van der Waals surface area contributed by atoms with Gasteiger partial charge in [0, 0.05) is 26.2 Å². The molecule has 1 fully saturated rings. The zero-order valence-corrected chi connectivity index (χ0v) is 14.2. The molecule has 0 spiro atoms. The van der Waals surface area contributed by atoms with Gasteiger partial charge in [-0.3, -0.25) is 9.59 Å². The summed E-state index contributed by atoms with van der Waals surface area (Å²) in [5, 5.41) is 1.90. The number of hydrogen-bond acceptors (Lipinski definition) is 4. The summed E-state index contributed by atoms with van der Waals surface area (Å²) in [7, 11) is 0. The SMILES string of the molecule is NC(Cc1ccccc1)C(=O)N1CCN(C(=O)c2cccs2)CC1. The molecule has 1 saturated heterocycles. The molecule has 0 bridgehead atoms. The highest BCUT2D eigenvalue weighted by Crippen LogP contribution is 2.14. The fraction of sp³-hybridized carbons (Fsp3) is 0.333. The predicted octanol–water partition coefficient (Wildman–Crippen LogP) is 1.60. The molecule has 1 aromatic heterocycles. The normalized spacial score (nSPS) is 16.0. The van der Waals surface area contributed by atoms with Gasteiger partial charge in [0.05, 0.1) is 10.9 Å². The quantitative estimate of drug-likeness (QED) is 0.917. The Balaban J connectivity index is 1.52. The molecule has 1 atom stereocenters. The molecular weight excluding hydrogens is 322 g/mol. The van der Waals surface area contributed by atoms with Crippen LogP contribution in [-0.2, 0) is 11.2 Å². The maximum absolute atomic E-state index is 12.5. The first-order valence-corrected chi connectivity index (χ1v) is 8.94. The van der Waals surface area contributed by atoms with Gasteiger partial charge in [0.1, 0.15) is 0 Å². The molecule has 2 amide bonds. The Morgan fingerprint density at radius 1 is 1.00 bits per heavy atom. The fourth-order valence-corrected chi connectivity index (χ4v) is 3.57. The summed E-state index contributed by atoms with van der Waals surface area (Å²) in [5.74, 6) is 0.00718. The third kappa shape index (κ3) is 3.83. The van der Waals surface area contributed by atoms with Crippen molar-refractivity contribution in [3.63, 3.8) is 0 Å². The van der Waals surface area contributed by atoms with Gasteiger partial charge in [0.25, 0.3) is 5.91 Å². The number of nitrogens with two attached hydrogens (primary N) is 1. The summed E-state index contributed by atoms with van der Waals surface area (Å²) in [6.07, 6.45) is 0.536. The maximum Gasteiger partial charge on any atom is 0.264 e. The third-order valence-corrected chi connectivity index (χ3v) is 5.08. The number of nitrogens with zero attached hydrogens (tertiary/aromatic N) is 2. The van der Waals surface area contributed by atoms with E-state index in [9.17, 15) is 9.59 Å². The van der Waals surface area contributed by atoms with Crippen LogP contribution in [0, 0.1) is 0 Å². The van der Waals surface area contributed by atoms with Crippen LogP contribution >= 0.6 is 11.3 Å². The molecule has 2 aromatic rings. The van der Waals surface area contributed by atoms with Crippen molar-refractivity contribution in [3.05, 3.63) is 58.3 Å². The second-order valence-corrected chi connectivity index (χ2v) is 6.84. The van der Waals surface area contributed by atoms with Crippen LogP contribution in [0.3, 0.4) is 0 Å². The molecule has 5 nitrogen and oxygen atoms in total. The van der Waals surface area contributed by atoms with Crippen molar-refractivity contribution >= 4 is 23.2 Å². The lowest BCUT2D eigenvalue weighted by Gasteiger charge is -2.35. The van der Waals surface area contributed by atoms with Gasteiger partial charge in [-0.05, 0) is 23.4 Å². The summed E-state index contributed by atoms with van der Waals surface area (Å²) in [5.41, 5.74) is 7.14. The molecule has 126 valence electrons. The molecule has 1 aliphatic heterocycles. The van der Waals surface area contributed by atoms with Crippen LogP contribution in [0.1, 0.15) is 15.2 Å². The van der Waals surface area contributed by atoms with E-state index in [2.05, 4.69) is 0 Å². The predicted molar refractivity (Wildman–Crippen MR) is 94.9 cm³/mol. The largest absolute Gasteiger partial charge is 0.338 e. The molecule has 2 N–H and O–H groups in total. The number of carbonyl (C=O) groups is 2. The van der Waals surface area contributed by atoms with Crippen molar-refractivity contribution < 1.29 is 9.59 Å². The lowest BCUT2D eigenvalue weighted by molar-refractivity contribution is -0.134. The van der Waals surface area contributed by atoms with Crippen LogP contribution in [0.2, 0.25) is 0 Å². The average molecular weight is 343 g/mol. The zero-order valence-electron chi connectivity index (χ0n) is 13.4. The summed E-state index contributed by atoms with van der Waals surface area (Å²) >= 11 is 1.45. The number of thiophene rings is 1. The highest BCUT2D eigenvalue weighted by molar-refractivity contribution is 7.12. The molecule has 24 heavy (non-hydrogen) atoms. The second kappa shape index (κ2) is 7.59. The average Bonchev–Trinajstić information content (AvgIpc) is 3.16. The maximum atomic E-state index is 12.5. The topological polar surface area (TPSA) is 66.6 Å². The smallest absolute Gasteiger partial charge is 0.264 e. The van der Waals surface area contributed by atoms with Crippen LogP contribution < -0.4 is 5.73 Å². The van der Waals surface area contributed by atoms with Crippen LogP contribution in [0.4, 0.5) is 0 Å². The first kappa shape index (κ1) is 16.7. The first-order chi connectivity index (χ1) is 11.6. The Labute approximate surface area is 145 Å². The lowest BCUT2D eigenvalue weighted by atomic mass is 10.1. The van der Waals surface area contributed by atoms with Gasteiger partial charge >= 0.3 is 0 Å². The van der Waals surface area contributed by atoms with E-state index in [-0.39, 0.29) is 11.8 Å². The number of hydrogen-bond donors (Lipinski definition) is 1. The van der Waals surface area contributed by atoms with Crippen LogP contribution in [0.5, 0.6) is 0 Å². The molecule has 2 heterocycles. The molecule has 3 rings (SSSR count).